The zero-order valence-electron chi connectivity index (χ0n) is 13.6. The number of nitrogens with one attached hydrogen (secondary N) is 1. The van der Waals surface area contributed by atoms with Gasteiger partial charge in [0.05, 0.1) is 18.0 Å². The lowest BCUT2D eigenvalue weighted by atomic mass is 10.0. The molecule has 0 bridgehead atoms. The van der Waals surface area contributed by atoms with Crippen LogP contribution in [0.2, 0.25) is 0 Å². The van der Waals surface area contributed by atoms with Gasteiger partial charge in [-0.3, -0.25) is 4.98 Å². The number of carbonyl (C=O) groups excluding carboxylic acids is 1. The summed E-state index contributed by atoms with van der Waals surface area (Å²) in [6.07, 6.45) is 5.62. The molecule has 1 aromatic carbocycles. The van der Waals surface area contributed by atoms with E-state index in [0.717, 1.165) is 16.5 Å². The van der Waals surface area contributed by atoms with E-state index in [1.165, 1.54) is 11.7 Å². The topological polar surface area (TPSA) is 80.1 Å². The number of pyridine rings is 1. The number of hydrogen-bond donors (Lipinski definition) is 2. The van der Waals surface area contributed by atoms with Gasteiger partial charge < -0.3 is 19.4 Å². The molecule has 1 atom stereocenters. The SMILES string of the molecule is COC(=O)[C@H](Cc1c[nH]c2ccccc12)n1cc2ncccc2c1O. The number of carbonyl (C=O) groups is 1. The molecule has 6 heteroatoms. The van der Waals surface area contributed by atoms with Gasteiger partial charge in [0.1, 0.15) is 6.04 Å². The molecule has 25 heavy (non-hydrogen) atoms. The molecule has 3 heterocycles. The Morgan fingerprint density at radius 2 is 2.08 bits per heavy atom. The van der Waals surface area contributed by atoms with Crippen LogP contribution < -0.4 is 0 Å². The number of hydrogen-bond acceptors (Lipinski definition) is 4. The van der Waals surface area contributed by atoms with Gasteiger partial charge in [0, 0.05) is 35.9 Å². The van der Waals surface area contributed by atoms with Gasteiger partial charge in [-0.15, -0.1) is 0 Å². The van der Waals surface area contributed by atoms with Gasteiger partial charge in [0.15, 0.2) is 0 Å². The Hall–Kier alpha value is -3.28. The summed E-state index contributed by atoms with van der Waals surface area (Å²) in [6.45, 7) is 0. The molecular formula is C19H17N3O3. The Kier molecular flexibility index (Phi) is 3.65. The molecule has 0 fully saturated rings. The Balaban J connectivity index is 1.80. The zero-order chi connectivity index (χ0) is 17.4. The van der Waals surface area contributed by atoms with Crippen molar-refractivity contribution in [2.24, 2.45) is 0 Å². The van der Waals surface area contributed by atoms with Crippen LogP contribution in [0.1, 0.15) is 11.6 Å². The molecule has 3 aromatic heterocycles. The number of nitrogens with zero attached hydrogens (tertiary/aromatic N) is 2. The normalized spacial score (nSPS) is 12.5. The number of esters is 1. The maximum atomic E-state index is 12.4. The number of aromatic hydroxyl groups is 1. The highest BCUT2D eigenvalue weighted by atomic mass is 16.5. The van der Waals surface area contributed by atoms with Crippen LogP contribution in [-0.2, 0) is 16.0 Å². The minimum Gasteiger partial charge on any atom is -0.494 e. The zero-order valence-corrected chi connectivity index (χ0v) is 13.6. The Bertz CT molecular complexity index is 1060. The van der Waals surface area contributed by atoms with Crippen molar-refractivity contribution in [1.82, 2.24) is 14.5 Å². The fourth-order valence-electron chi connectivity index (χ4n) is 3.22. The summed E-state index contributed by atoms with van der Waals surface area (Å²) < 4.78 is 6.51. The van der Waals surface area contributed by atoms with E-state index in [1.54, 1.807) is 24.5 Å². The maximum Gasteiger partial charge on any atom is 0.329 e. The molecular weight excluding hydrogens is 318 g/mol. The Labute approximate surface area is 143 Å². The van der Waals surface area contributed by atoms with E-state index in [1.807, 2.05) is 30.5 Å². The van der Waals surface area contributed by atoms with Crippen molar-refractivity contribution in [3.63, 3.8) is 0 Å². The first-order chi connectivity index (χ1) is 12.2. The van der Waals surface area contributed by atoms with E-state index in [4.69, 9.17) is 4.74 Å². The van der Waals surface area contributed by atoms with Crippen LogP contribution in [0.15, 0.2) is 55.0 Å². The second-order valence-electron chi connectivity index (χ2n) is 5.90. The maximum absolute atomic E-state index is 12.4. The molecule has 0 aliphatic carbocycles. The predicted molar refractivity (Wildman–Crippen MR) is 94.5 cm³/mol. The van der Waals surface area contributed by atoms with Crippen LogP contribution in [-0.4, -0.2) is 32.7 Å². The molecule has 0 saturated carbocycles. The lowest BCUT2D eigenvalue weighted by Crippen LogP contribution is -2.22. The molecule has 126 valence electrons. The second-order valence-corrected chi connectivity index (χ2v) is 5.90. The standard InChI is InChI=1S/C19H17N3O3/c1-25-19(24)17(9-12-10-21-15-7-3-2-5-13(12)15)22-11-16-14(18(22)23)6-4-8-20-16/h2-8,10-11,17,21,23H,9H2,1H3/t17-/m0/s1. The van der Waals surface area contributed by atoms with Crippen LogP contribution in [0.5, 0.6) is 5.88 Å². The lowest BCUT2D eigenvalue weighted by molar-refractivity contribution is -0.144. The highest BCUT2D eigenvalue weighted by molar-refractivity contribution is 5.87. The van der Waals surface area contributed by atoms with Gasteiger partial charge in [0.2, 0.25) is 5.88 Å². The number of aromatic amines is 1. The van der Waals surface area contributed by atoms with Gasteiger partial charge in [-0.1, -0.05) is 18.2 Å². The molecule has 0 saturated heterocycles. The van der Waals surface area contributed by atoms with E-state index in [9.17, 15) is 9.90 Å². The average molecular weight is 335 g/mol. The second kappa shape index (κ2) is 5.98. The van der Waals surface area contributed by atoms with Crippen molar-refractivity contribution in [2.45, 2.75) is 12.5 Å². The van der Waals surface area contributed by atoms with Crippen LogP contribution >= 0.6 is 0 Å². The molecule has 0 spiro atoms. The van der Waals surface area contributed by atoms with Crippen LogP contribution in [0.25, 0.3) is 21.8 Å². The Morgan fingerprint density at radius 1 is 1.28 bits per heavy atom. The molecule has 6 nitrogen and oxygen atoms in total. The Morgan fingerprint density at radius 3 is 2.88 bits per heavy atom. The van der Waals surface area contributed by atoms with Crippen molar-refractivity contribution in [3.8, 4) is 5.88 Å². The number of benzene rings is 1. The van der Waals surface area contributed by atoms with Gasteiger partial charge in [-0.05, 0) is 23.8 Å². The summed E-state index contributed by atoms with van der Waals surface area (Å²) in [5.41, 5.74) is 2.62. The number of ether oxygens (including phenoxy) is 1. The summed E-state index contributed by atoms with van der Waals surface area (Å²) in [5.74, 6) is -0.403. The summed E-state index contributed by atoms with van der Waals surface area (Å²) in [5, 5.41) is 12.2. The number of H-pyrrole nitrogens is 1. The highest BCUT2D eigenvalue weighted by Crippen LogP contribution is 2.32. The van der Waals surface area contributed by atoms with Crippen molar-refractivity contribution >= 4 is 27.8 Å². The van der Waals surface area contributed by atoms with Crippen molar-refractivity contribution in [1.29, 1.82) is 0 Å². The first-order valence-electron chi connectivity index (χ1n) is 7.96. The smallest absolute Gasteiger partial charge is 0.329 e. The summed E-state index contributed by atoms with van der Waals surface area (Å²) >= 11 is 0. The van der Waals surface area contributed by atoms with Crippen molar-refractivity contribution in [2.75, 3.05) is 7.11 Å². The third kappa shape index (κ3) is 2.52. The number of para-hydroxylation sites is 1. The van der Waals surface area contributed by atoms with Crippen LogP contribution in [0, 0.1) is 0 Å². The highest BCUT2D eigenvalue weighted by Gasteiger charge is 2.26. The van der Waals surface area contributed by atoms with E-state index in [-0.39, 0.29) is 5.88 Å². The van der Waals surface area contributed by atoms with Gasteiger partial charge in [-0.2, -0.15) is 0 Å². The van der Waals surface area contributed by atoms with E-state index in [0.29, 0.717) is 17.3 Å². The molecule has 0 radical (unpaired) electrons. The van der Waals surface area contributed by atoms with E-state index >= 15 is 0 Å². The molecule has 0 unspecified atom stereocenters. The van der Waals surface area contributed by atoms with Crippen LogP contribution in [0.3, 0.4) is 0 Å². The molecule has 0 aliphatic rings. The molecule has 4 aromatic rings. The first-order valence-corrected chi connectivity index (χ1v) is 7.96. The number of methoxy groups -OCH3 is 1. The molecule has 2 N–H and O–H groups in total. The molecule has 0 amide bonds. The first kappa shape index (κ1) is 15.3. The monoisotopic (exact) mass is 335 g/mol. The molecule has 4 rings (SSSR count). The minimum atomic E-state index is -0.682. The average Bonchev–Trinajstić information content (AvgIpc) is 3.21. The van der Waals surface area contributed by atoms with E-state index in [2.05, 4.69) is 9.97 Å². The summed E-state index contributed by atoms with van der Waals surface area (Å²) in [4.78, 5) is 19.9. The van der Waals surface area contributed by atoms with Gasteiger partial charge in [0.25, 0.3) is 0 Å². The fraction of sp³-hybridized carbons (Fsp3) is 0.158. The third-order valence-corrected chi connectivity index (χ3v) is 4.48. The minimum absolute atomic E-state index is 0.0124. The van der Waals surface area contributed by atoms with Crippen molar-refractivity contribution in [3.05, 3.63) is 60.6 Å². The lowest BCUT2D eigenvalue weighted by Gasteiger charge is -2.17. The molecule has 0 aliphatic heterocycles. The van der Waals surface area contributed by atoms with Gasteiger partial charge >= 0.3 is 5.97 Å². The van der Waals surface area contributed by atoms with E-state index < -0.39 is 12.0 Å². The van der Waals surface area contributed by atoms with Gasteiger partial charge in [-0.25, -0.2) is 4.79 Å². The van der Waals surface area contributed by atoms with Crippen LogP contribution in [0.4, 0.5) is 0 Å². The van der Waals surface area contributed by atoms with Crippen molar-refractivity contribution < 1.29 is 14.6 Å². The summed E-state index contributed by atoms with van der Waals surface area (Å²) in [6, 6.07) is 10.7. The quantitative estimate of drug-likeness (QED) is 0.561. The summed E-state index contributed by atoms with van der Waals surface area (Å²) in [7, 11) is 1.35. The predicted octanol–water partition coefficient (Wildman–Crippen LogP) is 3.18. The fourth-order valence-corrected chi connectivity index (χ4v) is 3.22. The number of fused-ring (bicyclic) bond motifs is 2. The number of rotatable bonds is 4. The largest absolute Gasteiger partial charge is 0.494 e. The number of aromatic nitrogens is 3. The third-order valence-electron chi connectivity index (χ3n) is 4.48.